The number of hydrogen-bond donors (Lipinski definition) is 0. The number of nitrogens with zero attached hydrogens (tertiary/aromatic N) is 1. The van der Waals surface area contributed by atoms with Crippen LogP contribution in [0.4, 0.5) is 0 Å². The van der Waals surface area contributed by atoms with E-state index < -0.39 is 0 Å². The smallest absolute Gasteiger partial charge is 0.219 e. The fourth-order valence-electron chi connectivity index (χ4n) is 4.06. The summed E-state index contributed by atoms with van der Waals surface area (Å²) in [4.78, 5) is 14.4. The zero-order valence-electron chi connectivity index (χ0n) is 21.0. The SMILES string of the molecule is CC(=O)N(CC[C@H](c1ccccc1)c1ccc(OC(C)C)cc1)Cc1ccc(OC(C)C)cc1. The van der Waals surface area contributed by atoms with Crippen molar-refractivity contribution in [3.8, 4) is 11.5 Å². The Balaban J connectivity index is 1.74. The largest absolute Gasteiger partial charge is 0.491 e. The zero-order valence-corrected chi connectivity index (χ0v) is 21.0. The Morgan fingerprint density at radius 1 is 0.735 bits per heavy atom. The van der Waals surface area contributed by atoms with Gasteiger partial charge >= 0.3 is 0 Å². The quantitative estimate of drug-likeness (QED) is 0.315. The van der Waals surface area contributed by atoms with Crippen LogP contribution in [0.1, 0.15) is 63.6 Å². The van der Waals surface area contributed by atoms with Crippen molar-refractivity contribution in [2.75, 3.05) is 6.54 Å². The van der Waals surface area contributed by atoms with Crippen LogP contribution < -0.4 is 9.47 Å². The maximum atomic E-state index is 12.5. The third kappa shape index (κ3) is 7.65. The lowest BCUT2D eigenvalue weighted by atomic mass is 9.88. The Hall–Kier alpha value is -3.27. The molecule has 0 aliphatic carbocycles. The van der Waals surface area contributed by atoms with E-state index in [0.29, 0.717) is 13.1 Å². The Kier molecular flexibility index (Phi) is 9.15. The molecule has 3 rings (SSSR count). The molecule has 0 aliphatic rings. The Morgan fingerprint density at radius 2 is 1.24 bits per heavy atom. The van der Waals surface area contributed by atoms with Crippen LogP contribution in [0.2, 0.25) is 0 Å². The summed E-state index contributed by atoms with van der Waals surface area (Å²) in [5.41, 5.74) is 3.57. The van der Waals surface area contributed by atoms with E-state index in [9.17, 15) is 4.79 Å². The van der Waals surface area contributed by atoms with Gasteiger partial charge in [0, 0.05) is 25.9 Å². The molecule has 4 nitrogen and oxygen atoms in total. The van der Waals surface area contributed by atoms with Crippen molar-refractivity contribution in [3.05, 3.63) is 95.6 Å². The lowest BCUT2D eigenvalue weighted by Gasteiger charge is -2.25. The molecular weight excluding hydrogens is 422 g/mol. The molecule has 0 aromatic heterocycles. The van der Waals surface area contributed by atoms with Gasteiger partial charge in [-0.1, -0.05) is 54.6 Å². The van der Waals surface area contributed by atoms with Crippen molar-refractivity contribution in [3.63, 3.8) is 0 Å². The van der Waals surface area contributed by atoms with Crippen molar-refractivity contribution in [2.45, 2.75) is 65.7 Å². The van der Waals surface area contributed by atoms with Crippen molar-refractivity contribution >= 4 is 5.91 Å². The van der Waals surface area contributed by atoms with Gasteiger partial charge in [0.05, 0.1) is 12.2 Å². The highest BCUT2D eigenvalue weighted by atomic mass is 16.5. The van der Waals surface area contributed by atoms with E-state index in [0.717, 1.165) is 23.5 Å². The van der Waals surface area contributed by atoms with Gasteiger partial charge < -0.3 is 14.4 Å². The van der Waals surface area contributed by atoms with Gasteiger partial charge in [-0.15, -0.1) is 0 Å². The predicted octanol–water partition coefficient (Wildman–Crippen LogP) is 6.83. The molecule has 0 unspecified atom stereocenters. The lowest BCUT2D eigenvalue weighted by molar-refractivity contribution is -0.129. The summed E-state index contributed by atoms with van der Waals surface area (Å²) in [5, 5.41) is 0. The number of carbonyl (C=O) groups is 1. The molecule has 0 saturated heterocycles. The summed E-state index contributed by atoms with van der Waals surface area (Å²) in [5.74, 6) is 2.00. The minimum atomic E-state index is 0.0787. The highest BCUT2D eigenvalue weighted by Gasteiger charge is 2.18. The summed E-state index contributed by atoms with van der Waals surface area (Å²) in [6.07, 6.45) is 1.12. The van der Waals surface area contributed by atoms with Gasteiger partial charge in [-0.2, -0.15) is 0 Å². The summed E-state index contributed by atoms with van der Waals surface area (Å²) in [6, 6.07) is 26.9. The number of rotatable bonds is 11. The predicted molar refractivity (Wildman–Crippen MR) is 138 cm³/mol. The lowest BCUT2D eigenvalue weighted by Crippen LogP contribution is -2.30. The van der Waals surface area contributed by atoms with Crippen molar-refractivity contribution in [1.29, 1.82) is 0 Å². The number of hydrogen-bond acceptors (Lipinski definition) is 3. The van der Waals surface area contributed by atoms with E-state index in [1.807, 2.05) is 75.1 Å². The first-order chi connectivity index (χ1) is 16.3. The third-order valence-corrected chi connectivity index (χ3v) is 5.66. The molecule has 0 fully saturated rings. The van der Waals surface area contributed by atoms with Gasteiger partial charge in [0.1, 0.15) is 11.5 Å². The molecule has 3 aromatic rings. The molecular formula is C30H37NO3. The van der Waals surface area contributed by atoms with Crippen LogP contribution in [0.15, 0.2) is 78.9 Å². The first kappa shape index (κ1) is 25.4. The molecule has 0 spiro atoms. The molecule has 0 heterocycles. The van der Waals surface area contributed by atoms with Crippen LogP contribution in [0.25, 0.3) is 0 Å². The highest BCUT2D eigenvalue weighted by Crippen LogP contribution is 2.30. The highest BCUT2D eigenvalue weighted by molar-refractivity contribution is 5.73. The molecule has 34 heavy (non-hydrogen) atoms. The van der Waals surface area contributed by atoms with Crippen LogP contribution in [0.3, 0.4) is 0 Å². The monoisotopic (exact) mass is 459 g/mol. The molecule has 0 bridgehead atoms. The summed E-state index contributed by atoms with van der Waals surface area (Å²) in [7, 11) is 0. The second-order valence-electron chi connectivity index (χ2n) is 9.24. The number of amides is 1. The van der Waals surface area contributed by atoms with Crippen LogP contribution in [0.5, 0.6) is 11.5 Å². The molecule has 0 radical (unpaired) electrons. The standard InChI is InChI=1S/C30H37NO3/c1-22(2)33-28-15-11-25(12-16-28)21-31(24(5)32)20-19-30(26-9-7-6-8-10-26)27-13-17-29(18-14-27)34-23(3)4/h6-18,22-23,30H,19-21H2,1-5H3/t30-/m1/s1. The van der Waals surface area contributed by atoms with E-state index in [-0.39, 0.29) is 24.0 Å². The van der Waals surface area contributed by atoms with E-state index in [4.69, 9.17) is 9.47 Å². The molecule has 0 N–H and O–H groups in total. The van der Waals surface area contributed by atoms with Crippen molar-refractivity contribution < 1.29 is 14.3 Å². The molecule has 180 valence electrons. The van der Waals surface area contributed by atoms with Crippen LogP contribution in [-0.4, -0.2) is 29.6 Å². The van der Waals surface area contributed by atoms with Gasteiger partial charge in [0.2, 0.25) is 5.91 Å². The Morgan fingerprint density at radius 3 is 1.74 bits per heavy atom. The summed E-state index contributed by atoms with van der Waals surface area (Å²) >= 11 is 0. The maximum Gasteiger partial charge on any atom is 0.219 e. The van der Waals surface area contributed by atoms with Gasteiger partial charge in [-0.3, -0.25) is 4.79 Å². The molecule has 0 saturated carbocycles. The van der Waals surface area contributed by atoms with Gasteiger partial charge in [-0.25, -0.2) is 0 Å². The minimum absolute atomic E-state index is 0.0787. The fraction of sp³-hybridized carbons (Fsp3) is 0.367. The summed E-state index contributed by atoms with van der Waals surface area (Å²) in [6.45, 7) is 11.0. The second kappa shape index (κ2) is 12.3. The van der Waals surface area contributed by atoms with Gasteiger partial charge in [0.25, 0.3) is 0 Å². The van der Waals surface area contributed by atoms with E-state index in [2.05, 4.69) is 36.4 Å². The van der Waals surface area contributed by atoms with Crippen LogP contribution in [0, 0.1) is 0 Å². The zero-order chi connectivity index (χ0) is 24.5. The second-order valence-corrected chi connectivity index (χ2v) is 9.24. The molecule has 1 amide bonds. The number of ether oxygens (including phenoxy) is 2. The van der Waals surface area contributed by atoms with Gasteiger partial charge in [0.15, 0.2) is 0 Å². The molecule has 4 heteroatoms. The van der Waals surface area contributed by atoms with Crippen LogP contribution >= 0.6 is 0 Å². The van der Waals surface area contributed by atoms with E-state index >= 15 is 0 Å². The summed E-state index contributed by atoms with van der Waals surface area (Å²) < 4.78 is 11.6. The Labute approximate surface area is 204 Å². The van der Waals surface area contributed by atoms with E-state index in [1.165, 1.54) is 11.1 Å². The van der Waals surface area contributed by atoms with Crippen LogP contribution in [-0.2, 0) is 11.3 Å². The topological polar surface area (TPSA) is 38.8 Å². The maximum absolute atomic E-state index is 12.5. The van der Waals surface area contributed by atoms with E-state index in [1.54, 1.807) is 6.92 Å². The normalized spacial score (nSPS) is 12.0. The first-order valence-corrected chi connectivity index (χ1v) is 12.1. The Bertz CT molecular complexity index is 1010. The fourth-order valence-corrected chi connectivity index (χ4v) is 4.06. The number of carbonyl (C=O) groups excluding carboxylic acids is 1. The molecule has 3 aromatic carbocycles. The van der Waals surface area contributed by atoms with Crippen molar-refractivity contribution in [2.24, 2.45) is 0 Å². The van der Waals surface area contributed by atoms with Crippen molar-refractivity contribution in [1.82, 2.24) is 4.90 Å². The third-order valence-electron chi connectivity index (χ3n) is 5.66. The first-order valence-electron chi connectivity index (χ1n) is 12.1. The number of benzene rings is 3. The molecule has 1 atom stereocenters. The average Bonchev–Trinajstić information content (AvgIpc) is 2.80. The average molecular weight is 460 g/mol. The minimum Gasteiger partial charge on any atom is -0.491 e. The molecule has 0 aliphatic heterocycles. The van der Waals surface area contributed by atoms with Gasteiger partial charge in [-0.05, 0) is 75.1 Å².